The normalized spacial score (nSPS) is 21.5. The smallest absolute Gasteiger partial charge is 0.246 e. The topological polar surface area (TPSA) is 55.2 Å². The minimum atomic E-state index is -3.47. The summed E-state index contributed by atoms with van der Waals surface area (Å²) in [7, 11) is -3.47. The molecule has 1 atom stereocenters. The van der Waals surface area contributed by atoms with E-state index < -0.39 is 10.0 Å². The Hall–Kier alpha value is -0.880. The summed E-state index contributed by atoms with van der Waals surface area (Å²) in [6.07, 6.45) is 3.74. The average molecular weight is 327 g/mol. The van der Waals surface area contributed by atoms with Crippen LogP contribution in [0.3, 0.4) is 0 Å². The quantitative estimate of drug-likeness (QED) is 0.857. The number of rotatable bonds is 3. The van der Waals surface area contributed by atoms with Gasteiger partial charge in [-0.2, -0.15) is 9.40 Å². The van der Waals surface area contributed by atoms with Gasteiger partial charge in [0, 0.05) is 30.7 Å². The molecule has 0 radical (unpaired) electrons. The Kier molecular flexibility index (Phi) is 4.74. The van der Waals surface area contributed by atoms with Crippen LogP contribution in [0.1, 0.15) is 66.1 Å². The summed E-state index contributed by atoms with van der Waals surface area (Å²) in [6.45, 7) is 13.4. The van der Waals surface area contributed by atoms with E-state index >= 15 is 0 Å². The molecule has 0 N–H and O–H groups in total. The highest BCUT2D eigenvalue weighted by atomic mass is 32.2. The zero-order valence-corrected chi connectivity index (χ0v) is 15.4. The summed E-state index contributed by atoms with van der Waals surface area (Å²) in [5.41, 5.74) is 0.364. The van der Waals surface area contributed by atoms with Gasteiger partial charge in [-0.15, -0.1) is 0 Å². The van der Waals surface area contributed by atoms with E-state index in [1.165, 1.54) is 0 Å². The fraction of sp³-hybridized carbons (Fsp3) is 0.812. The molecule has 1 unspecified atom stereocenters. The molecule has 0 spiro atoms. The molecule has 0 bridgehead atoms. The van der Waals surface area contributed by atoms with Crippen LogP contribution < -0.4 is 0 Å². The molecule has 1 aliphatic rings. The van der Waals surface area contributed by atoms with Crippen LogP contribution in [-0.4, -0.2) is 35.6 Å². The third-order valence-corrected chi connectivity index (χ3v) is 6.04. The maximum Gasteiger partial charge on any atom is 0.246 e. The van der Waals surface area contributed by atoms with Crippen molar-refractivity contribution in [1.29, 1.82) is 0 Å². The summed E-state index contributed by atoms with van der Waals surface area (Å²) >= 11 is 0. The van der Waals surface area contributed by atoms with Gasteiger partial charge in [0.25, 0.3) is 0 Å². The maximum atomic E-state index is 13.1. The Balaban J connectivity index is 2.50. The first-order valence-electron chi connectivity index (χ1n) is 8.13. The van der Waals surface area contributed by atoms with E-state index in [1.54, 1.807) is 15.2 Å². The molecular weight excluding hydrogens is 298 g/mol. The Morgan fingerprint density at radius 1 is 1.32 bits per heavy atom. The second kappa shape index (κ2) is 5.96. The molecule has 2 rings (SSSR count). The molecule has 126 valence electrons. The molecule has 1 aromatic heterocycles. The Morgan fingerprint density at radius 2 is 1.95 bits per heavy atom. The number of piperidine rings is 1. The number of nitrogens with zero attached hydrogens (tertiary/aromatic N) is 3. The predicted octanol–water partition coefficient (Wildman–Crippen LogP) is 3.18. The largest absolute Gasteiger partial charge is 0.269 e. The second-order valence-corrected chi connectivity index (χ2v) is 9.68. The van der Waals surface area contributed by atoms with Gasteiger partial charge in [-0.3, -0.25) is 4.68 Å². The van der Waals surface area contributed by atoms with Gasteiger partial charge in [-0.25, -0.2) is 8.42 Å². The van der Waals surface area contributed by atoms with Crippen LogP contribution in [-0.2, 0) is 15.4 Å². The van der Waals surface area contributed by atoms with Gasteiger partial charge in [-0.05, 0) is 32.6 Å². The van der Waals surface area contributed by atoms with E-state index in [-0.39, 0.29) is 11.5 Å². The van der Waals surface area contributed by atoms with Crippen molar-refractivity contribution in [2.24, 2.45) is 5.92 Å². The highest BCUT2D eigenvalue weighted by Crippen LogP contribution is 2.32. The first-order valence-corrected chi connectivity index (χ1v) is 9.57. The van der Waals surface area contributed by atoms with Gasteiger partial charge in [0.15, 0.2) is 0 Å². The van der Waals surface area contributed by atoms with E-state index in [0.717, 1.165) is 12.8 Å². The monoisotopic (exact) mass is 327 g/mol. The molecule has 2 heterocycles. The Bertz CT molecular complexity index is 626. The predicted molar refractivity (Wildman–Crippen MR) is 88.5 cm³/mol. The van der Waals surface area contributed by atoms with Gasteiger partial charge in [0.05, 0.1) is 5.69 Å². The highest BCUT2D eigenvalue weighted by molar-refractivity contribution is 7.89. The lowest BCUT2D eigenvalue weighted by Gasteiger charge is -2.30. The van der Waals surface area contributed by atoms with Crippen molar-refractivity contribution in [3.8, 4) is 0 Å². The van der Waals surface area contributed by atoms with Gasteiger partial charge in [0.2, 0.25) is 10.0 Å². The van der Waals surface area contributed by atoms with E-state index in [1.807, 2.05) is 34.6 Å². The van der Waals surface area contributed by atoms with Crippen LogP contribution in [0.5, 0.6) is 0 Å². The molecule has 1 aliphatic heterocycles. The first kappa shape index (κ1) is 17.5. The summed E-state index contributed by atoms with van der Waals surface area (Å²) in [5, 5.41) is 4.57. The molecule has 0 aliphatic carbocycles. The molecule has 1 fully saturated rings. The number of hydrogen-bond donors (Lipinski definition) is 0. The van der Waals surface area contributed by atoms with Crippen molar-refractivity contribution in [1.82, 2.24) is 14.1 Å². The lowest BCUT2D eigenvalue weighted by atomic mass is 9.92. The van der Waals surface area contributed by atoms with Gasteiger partial charge in [-0.1, -0.05) is 27.7 Å². The minimum Gasteiger partial charge on any atom is -0.269 e. The van der Waals surface area contributed by atoms with Gasteiger partial charge < -0.3 is 0 Å². The molecule has 0 aromatic carbocycles. The third kappa shape index (κ3) is 3.38. The fourth-order valence-corrected chi connectivity index (χ4v) is 4.78. The van der Waals surface area contributed by atoms with E-state index in [9.17, 15) is 8.42 Å². The average Bonchev–Trinajstić information content (AvgIpc) is 2.84. The molecule has 1 aromatic rings. The molecular formula is C16H29N3O2S. The number of hydrogen-bond acceptors (Lipinski definition) is 3. The van der Waals surface area contributed by atoms with Crippen molar-refractivity contribution < 1.29 is 8.42 Å². The van der Waals surface area contributed by atoms with Crippen molar-refractivity contribution >= 4 is 10.0 Å². The fourth-order valence-electron chi connectivity index (χ4n) is 2.85. The second-order valence-electron chi connectivity index (χ2n) is 7.78. The first-order chi connectivity index (χ1) is 10.0. The van der Waals surface area contributed by atoms with Crippen LogP contribution in [0.2, 0.25) is 0 Å². The lowest BCUT2D eigenvalue weighted by molar-refractivity contribution is 0.281. The van der Waals surface area contributed by atoms with Crippen molar-refractivity contribution in [3.63, 3.8) is 0 Å². The number of sulfonamides is 1. The van der Waals surface area contributed by atoms with Crippen LogP contribution in [0, 0.1) is 5.92 Å². The lowest BCUT2D eigenvalue weighted by Crippen LogP contribution is -2.39. The minimum absolute atomic E-state index is 0.144. The molecule has 0 amide bonds. The van der Waals surface area contributed by atoms with Crippen molar-refractivity contribution in [2.45, 2.75) is 70.7 Å². The Labute approximate surface area is 134 Å². The van der Waals surface area contributed by atoms with Crippen molar-refractivity contribution in [2.75, 3.05) is 13.1 Å². The molecule has 0 saturated carbocycles. The van der Waals surface area contributed by atoms with E-state index in [4.69, 9.17) is 0 Å². The third-order valence-electron chi connectivity index (χ3n) is 4.18. The van der Waals surface area contributed by atoms with E-state index in [2.05, 4.69) is 12.0 Å². The van der Waals surface area contributed by atoms with Crippen LogP contribution >= 0.6 is 0 Å². The summed E-state index contributed by atoms with van der Waals surface area (Å²) in [6, 6.07) is 0.144. The van der Waals surface area contributed by atoms with Crippen molar-refractivity contribution in [3.05, 3.63) is 11.9 Å². The molecule has 6 heteroatoms. The Morgan fingerprint density at radius 3 is 2.45 bits per heavy atom. The highest BCUT2D eigenvalue weighted by Gasteiger charge is 2.35. The van der Waals surface area contributed by atoms with E-state index in [0.29, 0.717) is 29.6 Å². The van der Waals surface area contributed by atoms with Gasteiger partial charge >= 0.3 is 0 Å². The summed E-state index contributed by atoms with van der Waals surface area (Å²) < 4.78 is 29.6. The molecule has 22 heavy (non-hydrogen) atoms. The molecule has 5 nitrogen and oxygen atoms in total. The SMILES string of the molecule is CC1CCCN(S(=O)(=O)c2cn(C(C)C)nc2C(C)(C)C)C1. The number of aromatic nitrogens is 2. The summed E-state index contributed by atoms with van der Waals surface area (Å²) in [5.74, 6) is 0.418. The zero-order chi connectivity index (χ0) is 16.7. The standard InChI is InChI=1S/C16H29N3O2S/c1-12(2)19-11-14(15(17-19)16(4,5)6)22(20,21)18-9-7-8-13(3)10-18/h11-13H,7-10H2,1-6H3. The molecule has 1 saturated heterocycles. The summed E-state index contributed by atoms with van der Waals surface area (Å²) in [4.78, 5) is 0.378. The van der Waals surface area contributed by atoms with Crippen LogP contribution in [0.25, 0.3) is 0 Å². The zero-order valence-electron chi connectivity index (χ0n) is 14.6. The van der Waals surface area contributed by atoms with Crippen LogP contribution in [0.4, 0.5) is 0 Å². The maximum absolute atomic E-state index is 13.1. The van der Waals surface area contributed by atoms with Gasteiger partial charge in [0.1, 0.15) is 4.90 Å². The van der Waals surface area contributed by atoms with Crippen LogP contribution in [0.15, 0.2) is 11.1 Å².